The first-order valence-corrected chi connectivity index (χ1v) is 6.46. The molecule has 94 valence electrons. The molecule has 0 saturated carbocycles. The molecule has 0 aromatic carbocycles. The van der Waals surface area contributed by atoms with Gasteiger partial charge < -0.3 is 9.47 Å². The fourth-order valence-corrected chi connectivity index (χ4v) is 2.24. The molecule has 1 amide bonds. The van der Waals surface area contributed by atoms with E-state index in [4.69, 9.17) is 0 Å². The molecular formula is C13H14BrN3O. The van der Waals surface area contributed by atoms with Crippen LogP contribution in [-0.2, 0) is 6.54 Å². The molecule has 4 nitrogen and oxygen atoms in total. The van der Waals surface area contributed by atoms with Gasteiger partial charge in [-0.3, -0.25) is 9.78 Å². The number of anilines is 1. The van der Waals surface area contributed by atoms with E-state index in [-0.39, 0.29) is 5.91 Å². The molecule has 0 N–H and O–H groups in total. The fraction of sp³-hybridized carbons (Fsp3) is 0.231. The quantitative estimate of drug-likeness (QED) is 0.874. The molecule has 0 radical (unpaired) electrons. The Kier molecular flexibility index (Phi) is 3.81. The van der Waals surface area contributed by atoms with Crippen molar-refractivity contribution in [3.63, 3.8) is 0 Å². The molecule has 0 atom stereocenters. The summed E-state index contributed by atoms with van der Waals surface area (Å²) in [6.07, 6.45) is 5.26. The van der Waals surface area contributed by atoms with Gasteiger partial charge in [0.05, 0.1) is 0 Å². The summed E-state index contributed by atoms with van der Waals surface area (Å²) in [5.41, 5.74) is 1.50. The highest BCUT2D eigenvalue weighted by atomic mass is 79.9. The minimum atomic E-state index is -0.0336. The second-order valence-electron chi connectivity index (χ2n) is 3.90. The monoisotopic (exact) mass is 307 g/mol. The third-order valence-electron chi connectivity index (χ3n) is 2.78. The summed E-state index contributed by atoms with van der Waals surface area (Å²) in [7, 11) is 1.76. The first-order valence-electron chi connectivity index (χ1n) is 5.67. The average molecular weight is 308 g/mol. The van der Waals surface area contributed by atoms with Crippen molar-refractivity contribution in [2.24, 2.45) is 0 Å². The van der Waals surface area contributed by atoms with Crippen molar-refractivity contribution in [3.05, 3.63) is 47.0 Å². The number of hydrogen-bond donors (Lipinski definition) is 0. The Morgan fingerprint density at radius 1 is 1.44 bits per heavy atom. The molecule has 0 aliphatic heterocycles. The van der Waals surface area contributed by atoms with Crippen LogP contribution in [0.1, 0.15) is 17.4 Å². The van der Waals surface area contributed by atoms with Crippen LogP contribution in [0.4, 0.5) is 5.69 Å². The molecule has 5 heteroatoms. The van der Waals surface area contributed by atoms with Crippen LogP contribution in [0.25, 0.3) is 0 Å². The molecule has 0 aliphatic carbocycles. The highest BCUT2D eigenvalue weighted by Crippen LogP contribution is 2.19. The molecule has 0 unspecified atom stereocenters. The van der Waals surface area contributed by atoms with Gasteiger partial charge in [0.2, 0.25) is 0 Å². The minimum Gasteiger partial charge on any atom is -0.343 e. The second kappa shape index (κ2) is 5.35. The predicted molar refractivity (Wildman–Crippen MR) is 74.8 cm³/mol. The highest BCUT2D eigenvalue weighted by molar-refractivity contribution is 9.10. The Labute approximate surface area is 114 Å². The van der Waals surface area contributed by atoms with Crippen molar-refractivity contribution in [1.29, 1.82) is 0 Å². The minimum absolute atomic E-state index is 0.0336. The molecule has 0 spiro atoms. The fourth-order valence-electron chi connectivity index (χ4n) is 1.77. The van der Waals surface area contributed by atoms with Gasteiger partial charge in [-0.25, -0.2) is 0 Å². The van der Waals surface area contributed by atoms with E-state index in [2.05, 4.69) is 20.9 Å². The van der Waals surface area contributed by atoms with Gasteiger partial charge >= 0.3 is 0 Å². The maximum Gasteiger partial charge on any atom is 0.274 e. The van der Waals surface area contributed by atoms with Crippen molar-refractivity contribution in [3.8, 4) is 0 Å². The Hall–Kier alpha value is -1.62. The standard InChI is InChI=1S/C13H14BrN3O/c1-3-17-9-10(14)8-12(17)13(18)16(2)11-4-6-15-7-5-11/h4-9H,3H2,1-2H3. The van der Waals surface area contributed by atoms with E-state index >= 15 is 0 Å². The third-order valence-corrected chi connectivity index (χ3v) is 3.21. The smallest absolute Gasteiger partial charge is 0.274 e. The largest absolute Gasteiger partial charge is 0.343 e. The molecule has 2 aromatic heterocycles. The summed E-state index contributed by atoms with van der Waals surface area (Å²) in [5, 5.41) is 0. The van der Waals surface area contributed by atoms with E-state index in [1.54, 1.807) is 24.3 Å². The molecular weight excluding hydrogens is 294 g/mol. The number of nitrogens with zero attached hydrogens (tertiary/aromatic N) is 3. The van der Waals surface area contributed by atoms with Gasteiger partial charge in [-0.2, -0.15) is 0 Å². The van der Waals surface area contributed by atoms with E-state index in [0.717, 1.165) is 16.7 Å². The van der Waals surface area contributed by atoms with Crippen molar-refractivity contribution in [2.45, 2.75) is 13.5 Å². The number of carbonyl (C=O) groups excluding carboxylic acids is 1. The lowest BCUT2D eigenvalue weighted by molar-refractivity contribution is 0.0984. The van der Waals surface area contributed by atoms with Crippen LogP contribution in [0.3, 0.4) is 0 Å². The summed E-state index contributed by atoms with van der Waals surface area (Å²) in [4.78, 5) is 18.0. The van der Waals surface area contributed by atoms with E-state index in [1.165, 1.54) is 0 Å². The number of rotatable bonds is 3. The Balaban J connectivity index is 2.31. The Morgan fingerprint density at radius 2 is 2.11 bits per heavy atom. The first-order chi connectivity index (χ1) is 8.63. The third kappa shape index (κ3) is 2.46. The van der Waals surface area contributed by atoms with Gasteiger partial charge in [-0.05, 0) is 41.1 Å². The summed E-state index contributed by atoms with van der Waals surface area (Å²) in [5.74, 6) is -0.0336. The summed E-state index contributed by atoms with van der Waals surface area (Å²) < 4.78 is 2.83. The average Bonchev–Trinajstić information content (AvgIpc) is 2.79. The number of aryl methyl sites for hydroxylation is 1. The maximum absolute atomic E-state index is 12.4. The topological polar surface area (TPSA) is 38.1 Å². The second-order valence-corrected chi connectivity index (χ2v) is 4.81. The molecule has 18 heavy (non-hydrogen) atoms. The molecule has 0 bridgehead atoms. The van der Waals surface area contributed by atoms with E-state index in [9.17, 15) is 4.79 Å². The SMILES string of the molecule is CCn1cc(Br)cc1C(=O)N(C)c1ccncc1. The molecule has 0 aliphatic rings. The van der Waals surface area contributed by atoms with Gasteiger partial charge in [0.1, 0.15) is 5.69 Å². The summed E-state index contributed by atoms with van der Waals surface area (Å²) in [6.45, 7) is 2.77. The Bertz CT molecular complexity index is 551. The molecule has 0 saturated heterocycles. The zero-order valence-electron chi connectivity index (χ0n) is 10.3. The lowest BCUT2D eigenvalue weighted by atomic mass is 10.3. The lowest BCUT2D eigenvalue weighted by Gasteiger charge is -2.17. The number of hydrogen-bond acceptors (Lipinski definition) is 2. The van der Waals surface area contributed by atoms with Crippen molar-refractivity contribution >= 4 is 27.5 Å². The number of pyridine rings is 1. The summed E-state index contributed by atoms with van der Waals surface area (Å²) >= 11 is 3.40. The first kappa shape index (κ1) is 12.8. The van der Waals surface area contributed by atoms with Gasteiger partial charge in [0.15, 0.2) is 0 Å². The van der Waals surface area contributed by atoms with Gasteiger partial charge in [-0.15, -0.1) is 0 Å². The van der Waals surface area contributed by atoms with Crippen LogP contribution in [-0.4, -0.2) is 22.5 Å². The van der Waals surface area contributed by atoms with Crippen LogP contribution in [0.5, 0.6) is 0 Å². The molecule has 2 heterocycles. The van der Waals surface area contributed by atoms with E-state index < -0.39 is 0 Å². The zero-order chi connectivity index (χ0) is 13.1. The number of amides is 1. The maximum atomic E-state index is 12.4. The molecule has 0 fully saturated rings. The summed E-state index contributed by atoms with van der Waals surface area (Å²) in [6, 6.07) is 5.46. The van der Waals surface area contributed by atoms with Crippen LogP contribution in [0.2, 0.25) is 0 Å². The normalized spacial score (nSPS) is 10.4. The van der Waals surface area contributed by atoms with Gasteiger partial charge in [-0.1, -0.05) is 0 Å². The number of halogens is 1. The van der Waals surface area contributed by atoms with Gasteiger partial charge in [0.25, 0.3) is 5.91 Å². The van der Waals surface area contributed by atoms with Crippen molar-refractivity contribution < 1.29 is 4.79 Å². The van der Waals surface area contributed by atoms with Crippen LogP contribution in [0.15, 0.2) is 41.3 Å². The predicted octanol–water partition coefficient (Wildman–Crippen LogP) is 2.94. The Morgan fingerprint density at radius 3 is 2.72 bits per heavy atom. The number of aromatic nitrogens is 2. The van der Waals surface area contributed by atoms with E-state index in [1.807, 2.05) is 35.9 Å². The highest BCUT2D eigenvalue weighted by Gasteiger charge is 2.17. The van der Waals surface area contributed by atoms with Crippen molar-refractivity contribution in [1.82, 2.24) is 9.55 Å². The van der Waals surface area contributed by atoms with Crippen LogP contribution >= 0.6 is 15.9 Å². The van der Waals surface area contributed by atoms with E-state index in [0.29, 0.717) is 5.69 Å². The lowest BCUT2D eigenvalue weighted by Crippen LogP contribution is -2.28. The molecule has 2 aromatic rings. The molecule has 2 rings (SSSR count). The van der Waals surface area contributed by atoms with Crippen LogP contribution < -0.4 is 4.90 Å². The van der Waals surface area contributed by atoms with Crippen molar-refractivity contribution in [2.75, 3.05) is 11.9 Å². The number of carbonyl (C=O) groups is 1. The van der Waals surface area contributed by atoms with Crippen LogP contribution in [0, 0.1) is 0 Å². The zero-order valence-corrected chi connectivity index (χ0v) is 11.9. The van der Waals surface area contributed by atoms with Gasteiger partial charge in [0, 0.05) is 42.3 Å².